The maximum atomic E-state index is 10.6. The molecular weight excluding hydrogens is 258 g/mol. The molecule has 0 radical (unpaired) electrons. The molecule has 0 aliphatic heterocycles. The third kappa shape index (κ3) is 2.81. The second-order valence-corrected chi connectivity index (χ2v) is 4.12. The van der Waals surface area contributed by atoms with Crippen molar-refractivity contribution in [2.24, 2.45) is 0 Å². The molecule has 1 aromatic heterocycles. The normalized spacial score (nSPS) is 10.3. The van der Waals surface area contributed by atoms with Crippen LogP contribution in [0, 0.1) is 6.92 Å². The number of carboxylic acid groups (broad SMARTS) is 1. The molecule has 0 unspecified atom stereocenters. The molecule has 0 atom stereocenters. The van der Waals surface area contributed by atoms with Gasteiger partial charge in [-0.25, -0.2) is 4.79 Å². The van der Waals surface area contributed by atoms with Crippen LogP contribution in [-0.4, -0.2) is 16.2 Å². The molecule has 0 aliphatic carbocycles. The summed E-state index contributed by atoms with van der Waals surface area (Å²) in [4.78, 5) is 10.6. The number of hydrogen-bond acceptors (Lipinski definition) is 4. The quantitative estimate of drug-likeness (QED) is 0.922. The number of hydrogen-bond donors (Lipinski definition) is 1. The number of nitrogens with zero attached hydrogens (tertiary/aromatic N) is 1. The second-order valence-electron chi connectivity index (χ2n) is 3.68. The van der Waals surface area contributed by atoms with E-state index >= 15 is 0 Å². The van der Waals surface area contributed by atoms with Gasteiger partial charge in [0.25, 0.3) is 0 Å². The van der Waals surface area contributed by atoms with Crippen LogP contribution in [0.15, 0.2) is 28.8 Å². The van der Waals surface area contributed by atoms with Gasteiger partial charge in [0, 0.05) is 11.1 Å². The van der Waals surface area contributed by atoms with Crippen molar-refractivity contribution < 1.29 is 19.2 Å². The maximum Gasteiger partial charge on any atom is 0.358 e. The highest BCUT2D eigenvalue weighted by molar-refractivity contribution is 6.30. The van der Waals surface area contributed by atoms with Crippen molar-refractivity contribution >= 4 is 17.6 Å². The summed E-state index contributed by atoms with van der Waals surface area (Å²) in [5, 5.41) is 12.7. The average molecular weight is 268 g/mol. The van der Waals surface area contributed by atoms with Gasteiger partial charge in [-0.15, -0.1) is 0 Å². The standard InChI is InChI=1S/C12H10ClNO4/c1-7-4-8(13)2-3-11(7)17-6-9-5-10(12(15)16)14-18-9/h2-5H,6H2,1H3,(H,15,16). The molecule has 0 fully saturated rings. The zero-order chi connectivity index (χ0) is 13.1. The first-order valence-electron chi connectivity index (χ1n) is 5.14. The number of carbonyl (C=O) groups is 1. The lowest BCUT2D eigenvalue weighted by Crippen LogP contribution is -1.96. The summed E-state index contributed by atoms with van der Waals surface area (Å²) in [6, 6.07) is 6.56. The van der Waals surface area contributed by atoms with Crippen LogP contribution in [0.2, 0.25) is 5.02 Å². The average Bonchev–Trinajstić information content (AvgIpc) is 2.76. The van der Waals surface area contributed by atoms with E-state index in [1.54, 1.807) is 18.2 Å². The molecule has 1 N–H and O–H groups in total. The zero-order valence-corrected chi connectivity index (χ0v) is 10.3. The van der Waals surface area contributed by atoms with Gasteiger partial charge in [0.2, 0.25) is 0 Å². The first-order valence-corrected chi connectivity index (χ1v) is 5.52. The molecular formula is C12H10ClNO4. The van der Waals surface area contributed by atoms with Gasteiger partial charge in [0.05, 0.1) is 0 Å². The molecule has 6 heteroatoms. The summed E-state index contributed by atoms with van der Waals surface area (Å²) in [7, 11) is 0. The molecule has 0 bridgehead atoms. The van der Waals surface area contributed by atoms with Crippen molar-refractivity contribution in [2.45, 2.75) is 13.5 Å². The molecule has 0 saturated carbocycles. The van der Waals surface area contributed by atoms with Gasteiger partial charge in [-0.2, -0.15) is 0 Å². The molecule has 1 heterocycles. The van der Waals surface area contributed by atoms with Crippen molar-refractivity contribution in [3.05, 3.63) is 46.3 Å². The van der Waals surface area contributed by atoms with Crippen LogP contribution in [0.1, 0.15) is 21.8 Å². The number of aryl methyl sites for hydroxylation is 1. The lowest BCUT2D eigenvalue weighted by molar-refractivity contribution is 0.0685. The smallest absolute Gasteiger partial charge is 0.358 e. The number of halogens is 1. The van der Waals surface area contributed by atoms with Crippen molar-refractivity contribution in [3.8, 4) is 5.75 Å². The minimum Gasteiger partial charge on any atom is -0.485 e. The first kappa shape index (κ1) is 12.4. The number of carboxylic acids is 1. The van der Waals surface area contributed by atoms with Gasteiger partial charge in [-0.05, 0) is 30.7 Å². The molecule has 0 aliphatic rings. The Hall–Kier alpha value is -2.01. The van der Waals surface area contributed by atoms with Crippen molar-refractivity contribution in [2.75, 3.05) is 0 Å². The molecule has 0 saturated heterocycles. The number of aromatic carboxylic acids is 1. The Morgan fingerprint density at radius 2 is 2.28 bits per heavy atom. The Labute approximate surface area is 108 Å². The summed E-state index contributed by atoms with van der Waals surface area (Å²) in [5.74, 6) is -0.123. The SMILES string of the molecule is Cc1cc(Cl)ccc1OCc1cc(C(=O)O)no1. The fraction of sp³-hybridized carbons (Fsp3) is 0.167. The zero-order valence-electron chi connectivity index (χ0n) is 9.51. The van der Waals surface area contributed by atoms with E-state index in [2.05, 4.69) is 5.16 Å². The molecule has 5 nitrogen and oxygen atoms in total. The van der Waals surface area contributed by atoms with E-state index in [0.29, 0.717) is 16.5 Å². The third-order valence-electron chi connectivity index (χ3n) is 2.28. The molecule has 0 spiro atoms. The Bertz CT molecular complexity index is 579. The highest BCUT2D eigenvalue weighted by atomic mass is 35.5. The van der Waals surface area contributed by atoms with Crippen molar-refractivity contribution in [3.63, 3.8) is 0 Å². The van der Waals surface area contributed by atoms with Gasteiger partial charge < -0.3 is 14.4 Å². The van der Waals surface area contributed by atoms with Crippen LogP contribution in [0.25, 0.3) is 0 Å². The monoisotopic (exact) mass is 267 g/mol. The van der Waals surface area contributed by atoms with Gasteiger partial charge >= 0.3 is 5.97 Å². The predicted molar refractivity (Wildman–Crippen MR) is 64.0 cm³/mol. The van der Waals surface area contributed by atoms with Gasteiger partial charge in [0.1, 0.15) is 12.4 Å². The topological polar surface area (TPSA) is 72.6 Å². The lowest BCUT2D eigenvalue weighted by atomic mass is 10.2. The molecule has 0 amide bonds. The van der Waals surface area contributed by atoms with E-state index in [1.807, 2.05) is 6.92 Å². The fourth-order valence-electron chi connectivity index (χ4n) is 1.41. The Morgan fingerprint density at radius 1 is 1.50 bits per heavy atom. The van der Waals surface area contributed by atoms with E-state index in [0.717, 1.165) is 5.56 Å². The highest BCUT2D eigenvalue weighted by Gasteiger charge is 2.11. The molecule has 1 aromatic carbocycles. The second kappa shape index (κ2) is 5.10. The van der Waals surface area contributed by atoms with Crippen LogP contribution in [0.4, 0.5) is 0 Å². The number of aromatic nitrogens is 1. The summed E-state index contributed by atoms with van der Waals surface area (Å²) >= 11 is 5.82. The van der Waals surface area contributed by atoms with E-state index < -0.39 is 5.97 Å². The molecule has 18 heavy (non-hydrogen) atoms. The van der Waals surface area contributed by atoms with Crippen LogP contribution >= 0.6 is 11.6 Å². The van der Waals surface area contributed by atoms with Crippen molar-refractivity contribution in [1.82, 2.24) is 5.16 Å². The Balaban J connectivity index is 2.04. The largest absolute Gasteiger partial charge is 0.485 e. The first-order chi connectivity index (χ1) is 8.56. The third-order valence-corrected chi connectivity index (χ3v) is 2.52. The van der Waals surface area contributed by atoms with E-state index in [1.165, 1.54) is 6.07 Å². The van der Waals surface area contributed by atoms with Crippen LogP contribution in [0.3, 0.4) is 0 Å². The summed E-state index contributed by atoms with van der Waals surface area (Å²) in [6.07, 6.45) is 0. The van der Waals surface area contributed by atoms with E-state index in [9.17, 15) is 4.79 Å². The van der Waals surface area contributed by atoms with Gasteiger partial charge in [-0.1, -0.05) is 16.8 Å². The maximum absolute atomic E-state index is 10.6. The predicted octanol–water partition coefficient (Wildman–Crippen LogP) is 2.91. The fourth-order valence-corrected chi connectivity index (χ4v) is 1.63. The Morgan fingerprint density at radius 3 is 2.89 bits per heavy atom. The molecule has 2 rings (SSSR count). The number of rotatable bonds is 4. The van der Waals surface area contributed by atoms with Crippen molar-refractivity contribution in [1.29, 1.82) is 0 Å². The minimum atomic E-state index is -1.13. The minimum absolute atomic E-state index is 0.114. The van der Waals surface area contributed by atoms with Gasteiger partial charge in [-0.3, -0.25) is 0 Å². The molecule has 2 aromatic rings. The summed E-state index contributed by atoms with van der Waals surface area (Å²) in [6.45, 7) is 1.98. The van der Waals surface area contributed by atoms with Crippen LogP contribution in [-0.2, 0) is 6.61 Å². The van der Waals surface area contributed by atoms with E-state index in [-0.39, 0.29) is 12.3 Å². The van der Waals surface area contributed by atoms with Crippen LogP contribution < -0.4 is 4.74 Å². The lowest BCUT2D eigenvalue weighted by Gasteiger charge is -2.07. The Kier molecular flexibility index (Phi) is 3.53. The molecule has 94 valence electrons. The van der Waals surface area contributed by atoms with Gasteiger partial charge in [0.15, 0.2) is 11.5 Å². The van der Waals surface area contributed by atoms with E-state index in [4.69, 9.17) is 26.0 Å². The highest BCUT2D eigenvalue weighted by Crippen LogP contribution is 2.22. The van der Waals surface area contributed by atoms with Crippen LogP contribution in [0.5, 0.6) is 5.75 Å². The number of ether oxygens (including phenoxy) is 1. The summed E-state index contributed by atoms with van der Waals surface area (Å²) in [5.41, 5.74) is 0.752. The summed E-state index contributed by atoms with van der Waals surface area (Å²) < 4.78 is 10.3. The number of benzene rings is 1.